The van der Waals surface area contributed by atoms with Crippen LogP contribution in [-0.4, -0.2) is 43.5 Å². The van der Waals surface area contributed by atoms with Crippen LogP contribution in [0.3, 0.4) is 0 Å². The van der Waals surface area contributed by atoms with Gasteiger partial charge in [0.15, 0.2) is 11.4 Å². The number of fused-ring (bicyclic) bond motifs is 1. The van der Waals surface area contributed by atoms with Crippen molar-refractivity contribution in [2.75, 3.05) is 10.6 Å². The number of pyridine rings is 1. The number of rotatable bonds is 5. The largest absolute Gasteiger partial charge is 0.393 e. The molecule has 4 rings (SSSR count). The van der Waals surface area contributed by atoms with Crippen molar-refractivity contribution in [3.63, 3.8) is 0 Å². The number of aldehydes is 1. The summed E-state index contributed by atoms with van der Waals surface area (Å²) in [6.45, 7) is 0. The first-order chi connectivity index (χ1) is 12.7. The van der Waals surface area contributed by atoms with Gasteiger partial charge < -0.3 is 15.7 Å². The van der Waals surface area contributed by atoms with E-state index < -0.39 is 0 Å². The molecule has 0 saturated heterocycles. The summed E-state index contributed by atoms with van der Waals surface area (Å²) in [5.74, 6) is 0.900. The maximum absolute atomic E-state index is 11.2. The van der Waals surface area contributed by atoms with Gasteiger partial charge >= 0.3 is 0 Å². The van der Waals surface area contributed by atoms with Gasteiger partial charge in [-0.25, -0.2) is 15.0 Å². The van der Waals surface area contributed by atoms with Crippen LogP contribution in [0, 0.1) is 0 Å². The molecule has 8 nitrogen and oxygen atoms in total. The highest BCUT2D eigenvalue weighted by atomic mass is 32.1. The zero-order valence-corrected chi connectivity index (χ0v) is 14.7. The number of nitrogens with zero attached hydrogens (tertiary/aromatic N) is 4. The fourth-order valence-electron chi connectivity index (χ4n) is 2.99. The third-order valence-electron chi connectivity index (χ3n) is 4.30. The Kier molecular flexibility index (Phi) is 4.72. The van der Waals surface area contributed by atoms with Gasteiger partial charge in [0.05, 0.1) is 6.10 Å². The van der Waals surface area contributed by atoms with E-state index in [0.29, 0.717) is 28.9 Å². The molecule has 0 atom stereocenters. The summed E-state index contributed by atoms with van der Waals surface area (Å²) >= 11 is 1.42. The predicted molar refractivity (Wildman–Crippen MR) is 100 cm³/mol. The highest BCUT2D eigenvalue weighted by Crippen LogP contribution is 2.27. The Morgan fingerprint density at radius 3 is 2.81 bits per heavy atom. The molecule has 1 aliphatic rings. The number of aliphatic hydroxyl groups is 1. The molecule has 9 heteroatoms. The molecule has 3 N–H and O–H groups in total. The molecule has 0 amide bonds. The summed E-state index contributed by atoms with van der Waals surface area (Å²) in [6, 6.07) is 5.51. The minimum Gasteiger partial charge on any atom is -0.393 e. The van der Waals surface area contributed by atoms with Crippen molar-refractivity contribution in [2.45, 2.75) is 37.8 Å². The molecular formula is C17H18N6O2S. The first-order valence-electron chi connectivity index (χ1n) is 8.47. The zero-order valence-electron chi connectivity index (χ0n) is 13.9. The second kappa shape index (κ2) is 7.30. The maximum Gasteiger partial charge on any atom is 0.225 e. The van der Waals surface area contributed by atoms with E-state index in [1.54, 1.807) is 12.3 Å². The summed E-state index contributed by atoms with van der Waals surface area (Å²) in [5, 5.41) is 16.7. The topological polar surface area (TPSA) is 113 Å². The maximum atomic E-state index is 11.2. The average molecular weight is 370 g/mol. The molecular weight excluding hydrogens is 352 g/mol. The van der Waals surface area contributed by atoms with E-state index in [1.807, 2.05) is 12.1 Å². The Bertz CT molecular complexity index is 890. The zero-order chi connectivity index (χ0) is 17.9. The van der Waals surface area contributed by atoms with E-state index >= 15 is 0 Å². The van der Waals surface area contributed by atoms with Crippen molar-refractivity contribution in [2.24, 2.45) is 0 Å². The normalized spacial score (nSPS) is 20.0. The van der Waals surface area contributed by atoms with Crippen molar-refractivity contribution in [1.29, 1.82) is 0 Å². The highest BCUT2D eigenvalue weighted by Gasteiger charge is 2.20. The summed E-state index contributed by atoms with van der Waals surface area (Å²) in [6.07, 6.45) is 5.42. The standard InChI is InChI=1S/C17H18N6O2S/c24-9-11-8-14(23-17-21-13-2-1-7-18-15(13)26-17)22-16(20-11)19-10-3-5-12(25)6-4-10/h1-2,7-10,12,25H,3-6H2,(H2,19,20,21,22,23). The lowest BCUT2D eigenvalue weighted by atomic mass is 9.93. The first kappa shape index (κ1) is 16.8. The summed E-state index contributed by atoms with van der Waals surface area (Å²) < 4.78 is 0. The van der Waals surface area contributed by atoms with Gasteiger partial charge in [0.25, 0.3) is 0 Å². The van der Waals surface area contributed by atoms with E-state index in [9.17, 15) is 9.90 Å². The summed E-state index contributed by atoms with van der Waals surface area (Å²) in [7, 11) is 0. The van der Waals surface area contributed by atoms with Gasteiger partial charge in [0, 0.05) is 18.3 Å². The Hall–Kier alpha value is -2.65. The van der Waals surface area contributed by atoms with Crippen LogP contribution in [0.1, 0.15) is 36.2 Å². The molecule has 0 aliphatic heterocycles. The van der Waals surface area contributed by atoms with Gasteiger partial charge in [-0.05, 0) is 37.8 Å². The number of thiazole rings is 1. The quantitative estimate of drug-likeness (QED) is 0.588. The van der Waals surface area contributed by atoms with Crippen LogP contribution in [0.4, 0.5) is 16.9 Å². The smallest absolute Gasteiger partial charge is 0.225 e. The second-order valence-corrected chi connectivity index (χ2v) is 7.22. The molecule has 1 aliphatic carbocycles. The van der Waals surface area contributed by atoms with Crippen molar-refractivity contribution in [1.82, 2.24) is 19.9 Å². The van der Waals surface area contributed by atoms with Gasteiger partial charge in [0.1, 0.15) is 21.9 Å². The van der Waals surface area contributed by atoms with Crippen LogP contribution in [0.15, 0.2) is 24.4 Å². The summed E-state index contributed by atoms with van der Waals surface area (Å²) in [5.41, 5.74) is 1.10. The number of carbonyl (C=O) groups excluding carboxylic acids is 1. The number of aliphatic hydroxyl groups excluding tert-OH is 1. The number of hydrogen-bond acceptors (Lipinski definition) is 9. The molecule has 0 unspecified atom stereocenters. The lowest BCUT2D eigenvalue weighted by molar-refractivity contribution is 0.111. The van der Waals surface area contributed by atoms with Crippen LogP contribution >= 0.6 is 11.3 Å². The molecule has 0 aromatic carbocycles. The first-order valence-corrected chi connectivity index (χ1v) is 9.29. The molecule has 1 saturated carbocycles. The monoisotopic (exact) mass is 370 g/mol. The minimum atomic E-state index is -0.222. The molecule has 3 aromatic rings. The van der Waals surface area contributed by atoms with E-state index in [2.05, 4.69) is 30.6 Å². The molecule has 1 fully saturated rings. The Morgan fingerprint density at radius 2 is 2.04 bits per heavy atom. The Morgan fingerprint density at radius 1 is 1.19 bits per heavy atom. The third kappa shape index (κ3) is 3.78. The molecule has 3 heterocycles. The van der Waals surface area contributed by atoms with Crippen molar-refractivity contribution < 1.29 is 9.90 Å². The Balaban J connectivity index is 1.54. The van der Waals surface area contributed by atoms with Crippen LogP contribution in [0.5, 0.6) is 0 Å². The molecule has 3 aromatic heterocycles. The third-order valence-corrected chi connectivity index (χ3v) is 5.19. The summed E-state index contributed by atoms with van der Waals surface area (Å²) in [4.78, 5) is 29.5. The van der Waals surface area contributed by atoms with Crippen LogP contribution in [-0.2, 0) is 0 Å². The Labute approximate surface area is 153 Å². The number of anilines is 3. The highest BCUT2D eigenvalue weighted by molar-refractivity contribution is 7.21. The van der Waals surface area contributed by atoms with E-state index in [1.165, 1.54) is 11.3 Å². The number of carbonyl (C=O) groups is 1. The average Bonchev–Trinajstić information content (AvgIpc) is 3.05. The van der Waals surface area contributed by atoms with Crippen LogP contribution in [0.25, 0.3) is 10.3 Å². The molecule has 134 valence electrons. The van der Waals surface area contributed by atoms with Crippen molar-refractivity contribution in [3.8, 4) is 0 Å². The molecule has 26 heavy (non-hydrogen) atoms. The molecule has 0 bridgehead atoms. The fraction of sp³-hybridized carbons (Fsp3) is 0.353. The SMILES string of the molecule is O=Cc1cc(Nc2nc3cccnc3s2)nc(NC2CCC(O)CC2)n1. The van der Waals surface area contributed by atoms with Gasteiger partial charge in [0.2, 0.25) is 5.95 Å². The number of aromatic nitrogens is 4. The van der Waals surface area contributed by atoms with Crippen LogP contribution in [0.2, 0.25) is 0 Å². The van der Waals surface area contributed by atoms with Crippen molar-refractivity contribution >= 4 is 44.9 Å². The molecule has 0 radical (unpaired) electrons. The fourth-order valence-corrected chi connectivity index (χ4v) is 3.81. The predicted octanol–water partition coefficient (Wildman–Crippen LogP) is 2.75. The number of nitrogens with one attached hydrogen (secondary N) is 2. The van der Waals surface area contributed by atoms with Crippen LogP contribution < -0.4 is 10.6 Å². The van der Waals surface area contributed by atoms with Gasteiger partial charge in [-0.3, -0.25) is 4.79 Å². The van der Waals surface area contributed by atoms with Gasteiger partial charge in [-0.15, -0.1) is 0 Å². The molecule has 0 spiro atoms. The number of hydrogen-bond donors (Lipinski definition) is 3. The lowest BCUT2D eigenvalue weighted by Gasteiger charge is -2.26. The van der Waals surface area contributed by atoms with E-state index in [0.717, 1.165) is 36.0 Å². The minimum absolute atomic E-state index is 0.194. The van der Waals surface area contributed by atoms with E-state index in [-0.39, 0.29) is 12.1 Å². The van der Waals surface area contributed by atoms with E-state index in [4.69, 9.17) is 0 Å². The van der Waals surface area contributed by atoms with Crippen molar-refractivity contribution in [3.05, 3.63) is 30.1 Å². The lowest BCUT2D eigenvalue weighted by Crippen LogP contribution is -2.29. The van der Waals surface area contributed by atoms with Gasteiger partial charge in [-0.1, -0.05) is 11.3 Å². The second-order valence-electron chi connectivity index (χ2n) is 6.24. The van der Waals surface area contributed by atoms with Gasteiger partial charge in [-0.2, -0.15) is 4.98 Å².